The van der Waals surface area contributed by atoms with Gasteiger partial charge in [-0.1, -0.05) is 11.6 Å². The Kier molecular flexibility index (Phi) is 5.01. The summed E-state index contributed by atoms with van der Waals surface area (Å²) in [6.45, 7) is 4.03. The number of anilines is 1. The van der Waals surface area contributed by atoms with Crippen molar-refractivity contribution in [3.05, 3.63) is 59.0 Å². The molecular weight excluding hydrogens is 362 g/mol. The lowest BCUT2D eigenvalue weighted by atomic mass is 10.2. The van der Waals surface area contributed by atoms with E-state index in [1.54, 1.807) is 6.20 Å². The number of hydrogen-bond donors (Lipinski definition) is 2. The molecule has 1 saturated heterocycles. The molecule has 3 N–H and O–H groups in total. The molecule has 0 bridgehead atoms. The van der Waals surface area contributed by atoms with Crippen LogP contribution in [-0.4, -0.2) is 58.4 Å². The standard InChI is InChI=1S/C20H22ClN5O/c21-15-3-4-17-14(12-15)13-19(24-17)20(27)26-10-8-25(9-11-26)7-5-18-16(22)2-1-6-23-18/h1-4,6,12-13,24H,5,7-11,22H2. The highest BCUT2D eigenvalue weighted by molar-refractivity contribution is 6.31. The van der Waals surface area contributed by atoms with Crippen LogP contribution in [0.1, 0.15) is 16.2 Å². The molecule has 6 nitrogen and oxygen atoms in total. The summed E-state index contributed by atoms with van der Waals surface area (Å²) in [6, 6.07) is 11.2. The van der Waals surface area contributed by atoms with E-state index < -0.39 is 0 Å². The topological polar surface area (TPSA) is 78.2 Å². The molecule has 3 heterocycles. The highest BCUT2D eigenvalue weighted by atomic mass is 35.5. The number of nitrogens with one attached hydrogen (secondary N) is 1. The molecule has 27 heavy (non-hydrogen) atoms. The molecule has 0 saturated carbocycles. The number of carbonyl (C=O) groups excluding carboxylic acids is 1. The van der Waals surface area contributed by atoms with Gasteiger partial charge in [-0.3, -0.25) is 14.7 Å². The SMILES string of the molecule is Nc1cccnc1CCN1CCN(C(=O)c2cc3cc(Cl)ccc3[nH]2)CC1. The Morgan fingerprint density at radius 1 is 1.19 bits per heavy atom. The zero-order valence-electron chi connectivity index (χ0n) is 15.0. The quantitative estimate of drug-likeness (QED) is 0.726. The van der Waals surface area contributed by atoms with Crippen molar-refractivity contribution in [1.82, 2.24) is 19.8 Å². The van der Waals surface area contributed by atoms with Crippen molar-refractivity contribution in [2.24, 2.45) is 0 Å². The Labute approximate surface area is 162 Å². The number of pyridine rings is 1. The van der Waals surface area contributed by atoms with Gasteiger partial charge < -0.3 is 15.6 Å². The summed E-state index contributed by atoms with van der Waals surface area (Å²) in [6.07, 6.45) is 2.60. The van der Waals surface area contributed by atoms with Crippen LogP contribution in [0.5, 0.6) is 0 Å². The van der Waals surface area contributed by atoms with Crippen molar-refractivity contribution in [3.63, 3.8) is 0 Å². The minimum Gasteiger partial charge on any atom is -0.397 e. The van der Waals surface area contributed by atoms with Crippen LogP contribution in [0, 0.1) is 0 Å². The molecule has 1 fully saturated rings. The van der Waals surface area contributed by atoms with Gasteiger partial charge in [-0.2, -0.15) is 0 Å². The number of fused-ring (bicyclic) bond motifs is 1. The fraction of sp³-hybridized carbons (Fsp3) is 0.300. The molecule has 0 atom stereocenters. The molecule has 0 spiro atoms. The Morgan fingerprint density at radius 3 is 2.78 bits per heavy atom. The summed E-state index contributed by atoms with van der Waals surface area (Å²) in [7, 11) is 0. The Hall–Kier alpha value is -2.57. The fourth-order valence-electron chi connectivity index (χ4n) is 3.49. The fourth-order valence-corrected chi connectivity index (χ4v) is 3.67. The lowest BCUT2D eigenvalue weighted by Gasteiger charge is -2.34. The van der Waals surface area contributed by atoms with Crippen LogP contribution in [0.4, 0.5) is 5.69 Å². The third-order valence-electron chi connectivity index (χ3n) is 5.06. The number of piperazine rings is 1. The van der Waals surface area contributed by atoms with Gasteiger partial charge >= 0.3 is 0 Å². The van der Waals surface area contributed by atoms with Gasteiger partial charge in [0.1, 0.15) is 5.69 Å². The van der Waals surface area contributed by atoms with Gasteiger partial charge in [0.2, 0.25) is 0 Å². The number of aromatic amines is 1. The summed E-state index contributed by atoms with van der Waals surface area (Å²) in [5.41, 5.74) is 9.17. The van der Waals surface area contributed by atoms with Crippen molar-refractivity contribution in [2.75, 3.05) is 38.5 Å². The Bertz CT molecular complexity index is 962. The normalized spacial score (nSPS) is 15.4. The van der Waals surface area contributed by atoms with E-state index in [9.17, 15) is 4.79 Å². The van der Waals surface area contributed by atoms with Crippen molar-refractivity contribution < 1.29 is 4.79 Å². The maximum Gasteiger partial charge on any atom is 0.270 e. The van der Waals surface area contributed by atoms with E-state index in [-0.39, 0.29) is 5.91 Å². The van der Waals surface area contributed by atoms with Crippen LogP contribution in [0.3, 0.4) is 0 Å². The van der Waals surface area contributed by atoms with E-state index in [0.717, 1.165) is 48.3 Å². The maximum absolute atomic E-state index is 12.8. The molecule has 1 aliphatic heterocycles. The highest BCUT2D eigenvalue weighted by Crippen LogP contribution is 2.21. The number of aromatic nitrogens is 2. The van der Waals surface area contributed by atoms with Crippen LogP contribution >= 0.6 is 11.6 Å². The lowest BCUT2D eigenvalue weighted by molar-refractivity contribution is 0.0633. The second-order valence-electron chi connectivity index (χ2n) is 6.84. The molecule has 1 aliphatic rings. The second kappa shape index (κ2) is 7.58. The van der Waals surface area contributed by atoms with Gasteiger partial charge in [0.05, 0.1) is 11.4 Å². The van der Waals surface area contributed by atoms with Crippen molar-refractivity contribution in [3.8, 4) is 0 Å². The van der Waals surface area contributed by atoms with Gasteiger partial charge in [-0.05, 0) is 36.4 Å². The first kappa shape index (κ1) is 17.8. The van der Waals surface area contributed by atoms with Crippen LogP contribution in [0.15, 0.2) is 42.6 Å². The molecule has 3 aromatic rings. The van der Waals surface area contributed by atoms with E-state index >= 15 is 0 Å². The lowest BCUT2D eigenvalue weighted by Crippen LogP contribution is -2.49. The molecule has 0 aliphatic carbocycles. The van der Waals surface area contributed by atoms with Gasteiger partial charge in [0.25, 0.3) is 5.91 Å². The van der Waals surface area contributed by atoms with E-state index in [0.29, 0.717) is 23.8 Å². The van der Waals surface area contributed by atoms with Crippen molar-refractivity contribution in [2.45, 2.75) is 6.42 Å². The molecule has 1 aromatic carbocycles. The number of H-pyrrole nitrogens is 1. The maximum atomic E-state index is 12.8. The van der Waals surface area contributed by atoms with Gasteiger partial charge in [0.15, 0.2) is 0 Å². The number of halogens is 1. The zero-order valence-corrected chi connectivity index (χ0v) is 15.7. The van der Waals surface area contributed by atoms with Gasteiger partial charge in [-0.15, -0.1) is 0 Å². The molecule has 4 rings (SSSR count). The number of amides is 1. The van der Waals surface area contributed by atoms with Crippen LogP contribution in [0.25, 0.3) is 10.9 Å². The summed E-state index contributed by atoms with van der Waals surface area (Å²) >= 11 is 6.03. The third-order valence-corrected chi connectivity index (χ3v) is 5.30. The van der Waals surface area contributed by atoms with Crippen molar-refractivity contribution in [1.29, 1.82) is 0 Å². The Balaban J connectivity index is 1.34. The zero-order chi connectivity index (χ0) is 18.8. The first-order chi connectivity index (χ1) is 13.1. The van der Waals surface area contributed by atoms with E-state index in [2.05, 4.69) is 14.9 Å². The van der Waals surface area contributed by atoms with E-state index in [1.165, 1.54) is 0 Å². The minimum atomic E-state index is 0.0379. The van der Waals surface area contributed by atoms with Crippen LogP contribution < -0.4 is 5.73 Å². The molecule has 2 aromatic heterocycles. The van der Waals surface area contributed by atoms with Crippen LogP contribution in [0.2, 0.25) is 5.02 Å². The average molecular weight is 384 g/mol. The number of nitrogen functional groups attached to an aromatic ring is 1. The second-order valence-corrected chi connectivity index (χ2v) is 7.27. The first-order valence-electron chi connectivity index (χ1n) is 9.09. The number of rotatable bonds is 4. The minimum absolute atomic E-state index is 0.0379. The summed E-state index contributed by atoms with van der Waals surface area (Å²) in [5.74, 6) is 0.0379. The Morgan fingerprint density at radius 2 is 2.00 bits per heavy atom. The molecular formula is C20H22ClN5O. The summed E-state index contributed by atoms with van der Waals surface area (Å²) in [5, 5.41) is 1.63. The molecule has 1 amide bonds. The number of nitrogens with two attached hydrogens (primary N) is 1. The largest absolute Gasteiger partial charge is 0.397 e. The smallest absolute Gasteiger partial charge is 0.270 e. The van der Waals surface area contributed by atoms with Gasteiger partial charge in [-0.25, -0.2) is 0 Å². The van der Waals surface area contributed by atoms with Crippen molar-refractivity contribution >= 4 is 34.1 Å². The summed E-state index contributed by atoms with van der Waals surface area (Å²) in [4.78, 5) is 24.6. The van der Waals surface area contributed by atoms with E-state index in [4.69, 9.17) is 17.3 Å². The molecule has 0 unspecified atom stereocenters. The monoisotopic (exact) mass is 383 g/mol. The number of nitrogens with zero attached hydrogens (tertiary/aromatic N) is 3. The number of benzene rings is 1. The highest BCUT2D eigenvalue weighted by Gasteiger charge is 2.23. The predicted octanol–water partition coefficient (Wildman–Crippen LogP) is 2.80. The predicted molar refractivity (Wildman–Crippen MR) is 108 cm³/mol. The average Bonchev–Trinajstić information content (AvgIpc) is 3.10. The van der Waals surface area contributed by atoms with Crippen LogP contribution in [-0.2, 0) is 6.42 Å². The number of carbonyl (C=O) groups is 1. The number of hydrogen-bond acceptors (Lipinski definition) is 4. The summed E-state index contributed by atoms with van der Waals surface area (Å²) < 4.78 is 0. The molecule has 0 radical (unpaired) electrons. The molecule has 7 heteroatoms. The van der Waals surface area contributed by atoms with Gasteiger partial charge in [0, 0.05) is 61.3 Å². The molecule has 140 valence electrons. The first-order valence-corrected chi connectivity index (χ1v) is 9.47. The van der Waals surface area contributed by atoms with E-state index in [1.807, 2.05) is 41.3 Å². The third kappa shape index (κ3) is 3.91.